The monoisotopic (exact) mass is 192 g/mol. The van der Waals surface area contributed by atoms with Crippen molar-refractivity contribution in [3.8, 4) is 5.75 Å². The van der Waals surface area contributed by atoms with Crippen LogP contribution < -0.4 is 11.1 Å². The summed E-state index contributed by atoms with van der Waals surface area (Å²) in [6.07, 6.45) is 2.57. The molecule has 0 spiro atoms. The molecule has 4 N–H and O–H groups in total. The second-order valence-corrected chi connectivity index (χ2v) is 3.06. The van der Waals surface area contributed by atoms with E-state index < -0.39 is 0 Å². The maximum absolute atomic E-state index is 9.50. The van der Waals surface area contributed by atoms with E-state index in [4.69, 9.17) is 5.73 Å². The van der Waals surface area contributed by atoms with Gasteiger partial charge in [-0.2, -0.15) is 0 Å². The molecule has 0 aliphatic carbocycles. The molecule has 1 rings (SSSR count). The number of benzene rings is 1. The Labute approximate surface area is 84.3 Å². The lowest BCUT2D eigenvalue weighted by atomic mass is 10.1. The van der Waals surface area contributed by atoms with Gasteiger partial charge in [-0.25, -0.2) is 0 Å². The molecular formula is C11H16N2O. The van der Waals surface area contributed by atoms with Gasteiger partial charge in [-0.1, -0.05) is 12.1 Å². The van der Waals surface area contributed by atoms with E-state index in [-0.39, 0.29) is 5.75 Å². The number of hydrogen-bond acceptors (Lipinski definition) is 3. The van der Waals surface area contributed by atoms with Crippen molar-refractivity contribution in [2.45, 2.75) is 6.42 Å². The van der Waals surface area contributed by atoms with Crippen molar-refractivity contribution in [1.29, 1.82) is 0 Å². The van der Waals surface area contributed by atoms with Gasteiger partial charge in [-0.05, 0) is 30.7 Å². The summed E-state index contributed by atoms with van der Waals surface area (Å²) >= 11 is 0. The van der Waals surface area contributed by atoms with Gasteiger partial charge in [-0.15, -0.1) is 6.58 Å². The highest BCUT2D eigenvalue weighted by atomic mass is 16.3. The lowest BCUT2D eigenvalue weighted by Gasteiger charge is -2.08. The largest absolute Gasteiger partial charge is 0.506 e. The Morgan fingerprint density at radius 3 is 2.93 bits per heavy atom. The standard InChI is InChI=1S/C11H16N2O/c1-2-7-13-10-8-9(5-6-12)3-4-11(10)14/h2-4,8,13-14H,1,5-7,12H2. The number of phenols is 1. The Hall–Kier alpha value is -1.48. The van der Waals surface area contributed by atoms with Gasteiger partial charge in [0.1, 0.15) is 5.75 Å². The fraction of sp³-hybridized carbons (Fsp3) is 0.273. The van der Waals surface area contributed by atoms with Crippen LogP contribution in [-0.4, -0.2) is 18.2 Å². The van der Waals surface area contributed by atoms with Crippen LogP contribution in [-0.2, 0) is 6.42 Å². The number of rotatable bonds is 5. The number of hydrogen-bond donors (Lipinski definition) is 3. The number of phenolic OH excluding ortho intramolecular Hbond substituents is 1. The average Bonchev–Trinajstić information content (AvgIpc) is 2.19. The molecule has 0 saturated carbocycles. The van der Waals surface area contributed by atoms with E-state index >= 15 is 0 Å². The van der Waals surface area contributed by atoms with E-state index in [0.717, 1.165) is 17.7 Å². The Morgan fingerprint density at radius 2 is 2.29 bits per heavy atom. The molecule has 0 aromatic heterocycles. The third kappa shape index (κ3) is 2.78. The zero-order valence-corrected chi connectivity index (χ0v) is 8.16. The third-order valence-electron chi connectivity index (χ3n) is 1.93. The summed E-state index contributed by atoms with van der Waals surface area (Å²) in [5.41, 5.74) is 7.30. The second-order valence-electron chi connectivity index (χ2n) is 3.06. The van der Waals surface area contributed by atoms with Crippen LogP contribution in [0.15, 0.2) is 30.9 Å². The third-order valence-corrected chi connectivity index (χ3v) is 1.93. The molecule has 0 heterocycles. The summed E-state index contributed by atoms with van der Waals surface area (Å²) in [6.45, 7) is 4.86. The Bertz CT molecular complexity index is 310. The zero-order chi connectivity index (χ0) is 10.4. The van der Waals surface area contributed by atoms with E-state index in [9.17, 15) is 5.11 Å². The topological polar surface area (TPSA) is 58.3 Å². The summed E-state index contributed by atoms with van der Waals surface area (Å²) in [6, 6.07) is 5.46. The number of nitrogens with two attached hydrogens (primary N) is 1. The van der Waals surface area contributed by atoms with Crippen LogP contribution in [0.2, 0.25) is 0 Å². The first-order valence-electron chi connectivity index (χ1n) is 4.64. The molecule has 0 unspecified atom stereocenters. The predicted octanol–water partition coefficient (Wildman–Crippen LogP) is 1.49. The maximum atomic E-state index is 9.50. The fourth-order valence-corrected chi connectivity index (χ4v) is 1.23. The van der Waals surface area contributed by atoms with E-state index in [1.165, 1.54) is 0 Å². The highest BCUT2D eigenvalue weighted by Gasteiger charge is 2.00. The van der Waals surface area contributed by atoms with Crippen molar-refractivity contribution in [1.82, 2.24) is 0 Å². The molecular weight excluding hydrogens is 176 g/mol. The fourth-order valence-electron chi connectivity index (χ4n) is 1.23. The lowest BCUT2D eigenvalue weighted by Crippen LogP contribution is -2.04. The summed E-state index contributed by atoms with van der Waals surface area (Å²) in [7, 11) is 0. The van der Waals surface area contributed by atoms with Crippen molar-refractivity contribution in [3.63, 3.8) is 0 Å². The molecule has 0 aliphatic heterocycles. The Morgan fingerprint density at radius 1 is 1.50 bits per heavy atom. The van der Waals surface area contributed by atoms with Crippen LogP contribution in [0.4, 0.5) is 5.69 Å². The van der Waals surface area contributed by atoms with Gasteiger partial charge >= 0.3 is 0 Å². The maximum Gasteiger partial charge on any atom is 0.138 e. The quantitative estimate of drug-likeness (QED) is 0.489. The van der Waals surface area contributed by atoms with Crippen LogP contribution in [0, 0.1) is 0 Å². The predicted molar refractivity (Wildman–Crippen MR) is 59.6 cm³/mol. The van der Waals surface area contributed by atoms with Gasteiger partial charge in [0.15, 0.2) is 0 Å². The van der Waals surface area contributed by atoms with Gasteiger partial charge in [0.25, 0.3) is 0 Å². The summed E-state index contributed by atoms with van der Waals surface area (Å²) in [5.74, 6) is 0.257. The molecule has 0 amide bonds. The van der Waals surface area contributed by atoms with Crippen molar-refractivity contribution >= 4 is 5.69 Å². The average molecular weight is 192 g/mol. The Balaban J connectivity index is 2.78. The minimum absolute atomic E-state index is 0.257. The molecule has 0 atom stereocenters. The summed E-state index contributed by atoms with van der Waals surface area (Å²) in [5, 5.41) is 12.6. The molecule has 14 heavy (non-hydrogen) atoms. The van der Waals surface area contributed by atoms with Crippen LogP contribution in [0.1, 0.15) is 5.56 Å². The Kier molecular flexibility index (Phi) is 4.01. The molecule has 76 valence electrons. The van der Waals surface area contributed by atoms with Gasteiger partial charge in [0, 0.05) is 6.54 Å². The first kappa shape index (κ1) is 10.6. The van der Waals surface area contributed by atoms with Crippen molar-refractivity contribution < 1.29 is 5.11 Å². The molecule has 0 saturated heterocycles. The summed E-state index contributed by atoms with van der Waals surface area (Å²) < 4.78 is 0. The molecule has 1 aromatic rings. The normalized spacial score (nSPS) is 9.79. The molecule has 0 bridgehead atoms. The molecule has 0 aliphatic rings. The van der Waals surface area contributed by atoms with E-state index in [1.807, 2.05) is 12.1 Å². The molecule has 3 nitrogen and oxygen atoms in total. The highest BCUT2D eigenvalue weighted by molar-refractivity contribution is 5.57. The van der Waals surface area contributed by atoms with Crippen molar-refractivity contribution in [2.75, 3.05) is 18.4 Å². The van der Waals surface area contributed by atoms with Gasteiger partial charge in [0.2, 0.25) is 0 Å². The first-order chi connectivity index (χ1) is 6.77. The van der Waals surface area contributed by atoms with Crippen molar-refractivity contribution in [3.05, 3.63) is 36.4 Å². The molecule has 3 heteroatoms. The minimum atomic E-state index is 0.257. The van der Waals surface area contributed by atoms with Crippen LogP contribution in [0.25, 0.3) is 0 Å². The molecule has 1 aromatic carbocycles. The lowest BCUT2D eigenvalue weighted by molar-refractivity contribution is 0.477. The van der Waals surface area contributed by atoms with Crippen LogP contribution in [0.5, 0.6) is 5.75 Å². The highest BCUT2D eigenvalue weighted by Crippen LogP contribution is 2.23. The molecule has 0 fully saturated rings. The number of nitrogens with one attached hydrogen (secondary N) is 1. The smallest absolute Gasteiger partial charge is 0.138 e. The SMILES string of the molecule is C=CCNc1cc(CCN)ccc1O. The van der Waals surface area contributed by atoms with Gasteiger partial charge in [-0.3, -0.25) is 0 Å². The zero-order valence-electron chi connectivity index (χ0n) is 8.16. The first-order valence-corrected chi connectivity index (χ1v) is 4.64. The summed E-state index contributed by atoms with van der Waals surface area (Å²) in [4.78, 5) is 0. The van der Waals surface area contributed by atoms with Crippen LogP contribution >= 0.6 is 0 Å². The van der Waals surface area contributed by atoms with Gasteiger partial charge in [0.05, 0.1) is 5.69 Å². The van der Waals surface area contributed by atoms with E-state index in [0.29, 0.717) is 13.1 Å². The molecule has 0 radical (unpaired) electrons. The van der Waals surface area contributed by atoms with E-state index in [1.54, 1.807) is 12.1 Å². The van der Waals surface area contributed by atoms with Crippen LogP contribution in [0.3, 0.4) is 0 Å². The minimum Gasteiger partial charge on any atom is -0.506 e. The number of anilines is 1. The van der Waals surface area contributed by atoms with E-state index in [2.05, 4.69) is 11.9 Å². The van der Waals surface area contributed by atoms with Crippen molar-refractivity contribution in [2.24, 2.45) is 5.73 Å². The van der Waals surface area contributed by atoms with Gasteiger partial charge < -0.3 is 16.2 Å². The second kappa shape index (κ2) is 5.29. The number of aromatic hydroxyl groups is 1.